The fourth-order valence-corrected chi connectivity index (χ4v) is 2.22. The molecule has 0 heterocycles. The number of carbonyl (C=O) groups is 2. The molecule has 0 saturated heterocycles. The molecule has 1 rings (SSSR count). The van der Waals surface area contributed by atoms with Crippen molar-refractivity contribution in [2.24, 2.45) is 0 Å². The van der Waals surface area contributed by atoms with Gasteiger partial charge in [-0.2, -0.15) is 0 Å². The zero-order chi connectivity index (χ0) is 22.0. The van der Waals surface area contributed by atoms with Crippen molar-refractivity contribution in [2.75, 3.05) is 80.3 Å². The molecule has 1 aromatic rings. The molecule has 10 nitrogen and oxygen atoms in total. The summed E-state index contributed by atoms with van der Waals surface area (Å²) in [6, 6.07) is 4.44. The number of benzene rings is 1. The molecule has 0 bridgehead atoms. The maximum Gasteiger partial charge on any atom is 0.338 e. The zero-order valence-corrected chi connectivity index (χ0v) is 17.4. The van der Waals surface area contributed by atoms with Crippen LogP contribution in [0, 0.1) is 0 Å². The first kappa shape index (κ1) is 25.8. The van der Waals surface area contributed by atoms with Crippen molar-refractivity contribution in [3.8, 4) is 5.75 Å². The van der Waals surface area contributed by atoms with E-state index in [-0.39, 0.29) is 24.3 Å². The van der Waals surface area contributed by atoms with E-state index in [0.717, 1.165) is 0 Å². The lowest BCUT2D eigenvalue weighted by atomic mass is 10.1. The molecule has 0 aliphatic carbocycles. The third-order valence-corrected chi connectivity index (χ3v) is 3.65. The molecule has 170 valence electrons. The highest BCUT2D eigenvalue weighted by Gasteiger charge is 2.19. The highest BCUT2D eigenvalue weighted by atomic mass is 16.6. The standard InChI is InChI=1S/C20H30O10/c1-24-19(22)17-4-3-16(15-18(17)20(23)25-2)30-14-13-29-12-11-28-10-9-27-8-7-26-6-5-21/h3-4,15,21H,5-14H2,1-2H3. The fraction of sp³-hybridized carbons (Fsp3) is 0.600. The van der Waals surface area contributed by atoms with Gasteiger partial charge in [0, 0.05) is 0 Å². The van der Waals surface area contributed by atoms with E-state index in [9.17, 15) is 9.59 Å². The first-order valence-electron chi connectivity index (χ1n) is 9.49. The van der Waals surface area contributed by atoms with Crippen LogP contribution >= 0.6 is 0 Å². The van der Waals surface area contributed by atoms with E-state index in [0.29, 0.717) is 58.6 Å². The van der Waals surface area contributed by atoms with Crippen molar-refractivity contribution >= 4 is 11.9 Å². The maximum atomic E-state index is 11.9. The summed E-state index contributed by atoms with van der Waals surface area (Å²) in [5.74, 6) is -0.885. The monoisotopic (exact) mass is 430 g/mol. The van der Waals surface area contributed by atoms with Gasteiger partial charge in [-0.1, -0.05) is 0 Å². The van der Waals surface area contributed by atoms with Gasteiger partial charge in [0.05, 0.1) is 84.8 Å². The van der Waals surface area contributed by atoms with Crippen molar-refractivity contribution in [3.63, 3.8) is 0 Å². The Labute approximate surface area is 175 Å². The van der Waals surface area contributed by atoms with Crippen LogP contribution < -0.4 is 4.74 Å². The SMILES string of the molecule is COC(=O)c1ccc(OCCOCCOCCOCCOCCO)cc1C(=O)OC. The predicted octanol–water partition coefficient (Wildman–Crippen LogP) is 0.697. The summed E-state index contributed by atoms with van der Waals surface area (Å²) in [5.41, 5.74) is 0.171. The minimum Gasteiger partial charge on any atom is -0.491 e. The predicted molar refractivity (Wildman–Crippen MR) is 105 cm³/mol. The summed E-state index contributed by atoms with van der Waals surface area (Å²) in [4.78, 5) is 23.6. The fourth-order valence-electron chi connectivity index (χ4n) is 2.22. The van der Waals surface area contributed by atoms with Gasteiger partial charge in [-0.05, 0) is 18.2 Å². The minimum absolute atomic E-state index is 0.00432. The number of aliphatic hydroxyl groups is 1. The highest BCUT2D eigenvalue weighted by Crippen LogP contribution is 2.20. The molecule has 0 fully saturated rings. The third kappa shape index (κ3) is 10.5. The van der Waals surface area contributed by atoms with Crippen LogP contribution in [-0.4, -0.2) is 97.3 Å². The van der Waals surface area contributed by atoms with E-state index in [1.807, 2.05) is 0 Å². The van der Waals surface area contributed by atoms with Crippen molar-refractivity contribution in [1.29, 1.82) is 0 Å². The van der Waals surface area contributed by atoms with Gasteiger partial charge in [0.2, 0.25) is 0 Å². The number of hydrogen-bond donors (Lipinski definition) is 1. The molecule has 30 heavy (non-hydrogen) atoms. The van der Waals surface area contributed by atoms with E-state index < -0.39 is 11.9 Å². The zero-order valence-electron chi connectivity index (χ0n) is 17.4. The molecular formula is C20H30O10. The molecule has 0 aliphatic rings. The minimum atomic E-state index is -0.657. The molecule has 0 unspecified atom stereocenters. The molecule has 0 atom stereocenters. The summed E-state index contributed by atoms with van der Waals surface area (Å²) in [7, 11) is 2.46. The van der Waals surface area contributed by atoms with Crippen molar-refractivity contribution < 1.29 is 47.9 Å². The lowest BCUT2D eigenvalue weighted by Crippen LogP contribution is -2.14. The van der Waals surface area contributed by atoms with E-state index in [1.54, 1.807) is 6.07 Å². The lowest BCUT2D eigenvalue weighted by molar-refractivity contribution is -0.00779. The number of aliphatic hydroxyl groups excluding tert-OH is 1. The van der Waals surface area contributed by atoms with E-state index in [2.05, 4.69) is 9.47 Å². The van der Waals surface area contributed by atoms with Crippen LogP contribution in [0.15, 0.2) is 18.2 Å². The number of esters is 2. The molecule has 1 aromatic carbocycles. The van der Waals surface area contributed by atoms with Gasteiger partial charge in [0.1, 0.15) is 12.4 Å². The molecule has 0 amide bonds. The van der Waals surface area contributed by atoms with E-state index in [4.69, 9.17) is 28.8 Å². The lowest BCUT2D eigenvalue weighted by Gasteiger charge is -2.11. The Hall–Kier alpha value is -2.24. The Morgan fingerprint density at radius 3 is 1.67 bits per heavy atom. The molecular weight excluding hydrogens is 400 g/mol. The first-order valence-corrected chi connectivity index (χ1v) is 9.49. The molecule has 0 spiro atoms. The van der Waals surface area contributed by atoms with Gasteiger partial charge in [-0.3, -0.25) is 0 Å². The largest absolute Gasteiger partial charge is 0.491 e. The molecule has 0 aromatic heterocycles. The number of rotatable bonds is 17. The van der Waals surface area contributed by atoms with Crippen LogP contribution in [0.3, 0.4) is 0 Å². The van der Waals surface area contributed by atoms with Gasteiger partial charge in [-0.25, -0.2) is 9.59 Å². The molecule has 0 aliphatic heterocycles. The Bertz CT molecular complexity index is 620. The summed E-state index contributed by atoms with van der Waals surface area (Å²) in [6.07, 6.45) is 0. The van der Waals surface area contributed by atoms with Gasteiger partial charge in [0.15, 0.2) is 0 Å². The average molecular weight is 430 g/mol. The second-order valence-corrected chi connectivity index (χ2v) is 5.71. The smallest absolute Gasteiger partial charge is 0.338 e. The highest BCUT2D eigenvalue weighted by molar-refractivity contribution is 6.03. The van der Waals surface area contributed by atoms with Crippen LogP contribution in [0.1, 0.15) is 20.7 Å². The summed E-state index contributed by atoms with van der Waals surface area (Å²) in [6.45, 7) is 3.52. The average Bonchev–Trinajstić information content (AvgIpc) is 2.78. The van der Waals surface area contributed by atoms with Crippen LogP contribution in [0.5, 0.6) is 5.75 Å². The Balaban J connectivity index is 2.15. The first-order chi connectivity index (χ1) is 14.6. The molecule has 10 heteroatoms. The van der Waals surface area contributed by atoms with Crippen LogP contribution in [0.2, 0.25) is 0 Å². The Kier molecular flexibility index (Phi) is 14.2. The molecule has 1 N–H and O–H groups in total. The normalized spacial score (nSPS) is 10.6. The second kappa shape index (κ2) is 16.5. The van der Waals surface area contributed by atoms with Crippen molar-refractivity contribution in [2.45, 2.75) is 0 Å². The van der Waals surface area contributed by atoms with Crippen LogP contribution in [0.4, 0.5) is 0 Å². The van der Waals surface area contributed by atoms with E-state index in [1.165, 1.54) is 26.4 Å². The molecule has 0 saturated carbocycles. The van der Waals surface area contributed by atoms with Crippen molar-refractivity contribution in [1.82, 2.24) is 0 Å². The van der Waals surface area contributed by atoms with Gasteiger partial charge >= 0.3 is 11.9 Å². The number of methoxy groups -OCH3 is 2. The number of carbonyl (C=O) groups excluding carboxylic acids is 2. The van der Waals surface area contributed by atoms with Gasteiger partial charge < -0.3 is 38.3 Å². The third-order valence-electron chi connectivity index (χ3n) is 3.65. The van der Waals surface area contributed by atoms with Crippen LogP contribution in [-0.2, 0) is 28.4 Å². The maximum absolute atomic E-state index is 11.9. The summed E-state index contributed by atoms with van der Waals surface area (Å²) >= 11 is 0. The Morgan fingerprint density at radius 1 is 0.700 bits per heavy atom. The van der Waals surface area contributed by atoms with Gasteiger partial charge in [0.25, 0.3) is 0 Å². The van der Waals surface area contributed by atoms with Crippen molar-refractivity contribution in [3.05, 3.63) is 29.3 Å². The summed E-state index contributed by atoms with van der Waals surface area (Å²) < 4.78 is 36.0. The number of ether oxygens (including phenoxy) is 7. The topological polar surface area (TPSA) is 119 Å². The molecule has 0 radical (unpaired) electrons. The second-order valence-electron chi connectivity index (χ2n) is 5.71. The van der Waals surface area contributed by atoms with E-state index >= 15 is 0 Å². The quantitative estimate of drug-likeness (QED) is 0.279. The Morgan fingerprint density at radius 2 is 1.17 bits per heavy atom. The summed E-state index contributed by atoms with van der Waals surface area (Å²) in [5, 5.41) is 8.54. The number of hydrogen-bond acceptors (Lipinski definition) is 10. The van der Waals surface area contributed by atoms with Gasteiger partial charge in [-0.15, -0.1) is 0 Å². The van der Waals surface area contributed by atoms with Crippen LogP contribution in [0.25, 0.3) is 0 Å².